The first-order valence-electron chi connectivity index (χ1n) is 9.22. The highest BCUT2D eigenvalue weighted by Gasteiger charge is 2.26. The predicted octanol–water partition coefficient (Wildman–Crippen LogP) is 4.05. The Morgan fingerprint density at radius 1 is 1.11 bits per heavy atom. The molecule has 4 rings (SSSR count). The largest absolute Gasteiger partial charge is 0.495 e. The van der Waals surface area contributed by atoms with Crippen LogP contribution in [0.3, 0.4) is 0 Å². The third-order valence-electron chi connectivity index (χ3n) is 4.81. The Labute approximate surface area is 164 Å². The quantitative estimate of drug-likeness (QED) is 0.746. The van der Waals surface area contributed by atoms with Crippen molar-refractivity contribution in [2.45, 2.75) is 20.3 Å². The molecule has 1 aliphatic heterocycles. The molecule has 1 aromatic heterocycles. The lowest BCUT2D eigenvalue weighted by Gasteiger charge is -2.18. The highest BCUT2D eigenvalue weighted by Crippen LogP contribution is 2.30. The van der Waals surface area contributed by atoms with Crippen LogP contribution in [0.15, 0.2) is 48.5 Å². The van der Waals surface area contributed by atoms with Gasteiger partial charge in [-0.15, -0.1) is 0 Å². The van der Waals surface area contributed by atoms with Gasteiger partial charge in [0.25, 0.3) is 5.91 Å². The summed E-state index contributed by atoms with van der Waals surface area (Å²) in [5.41, 5.74) is 5.08. The first kappa shape index (κ1) is 18.0. The van der Waals surface area contributed by atoms with E-state index in [0.29, 0.717) is 23.9 Å². The van der Waals surface area contributed by atoms with Crippen LogP contribution in [-0.4, -0.2) is 29.5 Å². The summed E-state index contributed by atoms with van der Waals surface area (Å²) in [5, 5.41) is 3.19. The van der Waals surface area contributed by atoms with Crippen LogP contribution >= 0.6 is 0 Å². The van der Waals surface area contributed by atoms with E-state index >= 15 is 0 Å². The van der Waals surface area contributed by atoms with Gasteiger partial charge in [0.05, 0.1) is 12.8 Å². The van der Waals surface area contributed by atoms with Crippen molar-refractivity contribution >= 4 is 23.2 Å². The number of para-hydroxylation sites is 1. The molecule has 0 radical (unpaired) electrons. The lowest BCUT2D eigenvalue weighted by atomic mass is 10.2. The zero-order valence-corrected chi connectivity index (χ0v) is 16.2. The second-order valence-electron chi connectivity index (χ2n) is 6.88. The summed E-state index contributed by atoms with van der Waals surface area (Å²) < 4.78 is 5.41. The Morgan fingerprint density at radius 3 is 2.75 bits per heavy atom. The van der Waals surface area contributed by atoms with E-state index < -0.39 is 0 Å². The molecule has 1 aliphatic rings. The molecule has 0 fully saturated rings. The summed E-state index contributed by atoms with van der Waals surface area (Å²) in [4.78, 5) is 23.8. The van der Waals surface area contributed by atoms with Crippen molar-refractivity contribution in [3.63, 3.8) is 0 Å². The highest BCUT2D eigenvalue weighted by atomic mass is 16.5. The second kappa shape index (κ2) is 7.31. The Balaban J connectivity index is 1.65. The summed E-state index contributed by atoms with van der Waals surface area (Å²) in [6.45, 7) is 4.52. The van der Waals surface area contributed by atoms with Crippen LogP contribution in [0.4, 0.5) is 17.3 Å². The fourth-order valence-corrected chi connectivity index (χ4v) is 3.46. The maximum Gasteiger partial charge on any atom is 0.277 e. The summed E-state index contributed by atoms with van der Waals surface area (Å²) in [5.74, 6) is 0.950. The average Bonchev–Trinajstić information content (AvgIpc) is 3.11. The number of anilines is 3. The molecule has 1 N–H and O–H groups in total. The van der Waals surface area contributed by atoms with Crippen LogP contribution in [0.2, 0.25) is 0 Å². The van der Waals surface area contributed by atoms with Crippen molar-refractivity contribution in [1.82, 2.24) is 9.97 Å². The van der Waals surface area contributed by atoms with Gasteiger partial charge in [-0.3, -0.25) is 4.79 Å². The summed E-state index contributed by atoms with van der Waals surface area (Å²) >= 11 is 0. The fourth-order valence-electron chi connectivity index (χ4n) is 3.46. The molecule has 6 heteroatoms. The van der Waals surface area contributed by atoms with Gasteiger partial charge >= 0.3 is 0 Å². The number of nitrogens with zero attached hydrogens (tertiary/aromatic N) is 3. The standard InChI is InChI=1S/C22H22N4O2/c1-14-8-9-20(28-3)17(12-14)24-22-23-15(2)13-18(25-22)21(27)26-11-10-16-6-4-5-7-19(16)26/h4-9,12-13H,10-11H2,1-3H3,(H,23,24,25). The SMILES string of the molecule is COc1ccc(C)cc1Nc1nc(C)cc(C(=O)N2CCc3ccccc32)n1. The number of fused-ring (bicyclic) bond motifs is 1. The van der Waals surface area contributed by atoms with Crippen molar-refractivity contribution < 1.29 is 9.53 Å². The van der Waals surface area contributed by atoms with Crippen LogP contribution in [0, 0.1) is 13.8 Å². The first-order chi connectivity index (χ1) is 13.5. The van der Waals surface area contributed by atoms with Gasteiger partial charge in [0.2, 0.25) is 5.95 Å². The van der Waals surface area contributed by atoms with Gasteiger partial charge in [-0.25, -0.2) is 9.97 Å². The van der Waals surface area contributed by atoms with E-state index in [2.05, 4.69) is 21.4 Å². The van der Waals surface area contributed by atoms with Crippen molar-refractivity contribution in [3.05, 3.63) is 71.0 Å². The summed E-state index contributed by atoms with van der Waals surface area (Å²) in [7, 11) is 1.62. The number of hydrogen-bond acceptors (Lipinski definition) is 5. The lowest BCUT2D eigenvalue weighted by molar-refractivity contribution is 0.0984. The molecule has 0 unspecified atom stereocenters. The van der Waals surface area contributed by atoms with Crippen molar-refractivity contribution in [2.75, 3.05) is 23.9 Å². The number of carbonyl (C=O) groups is 1. The molecule has 0 atom stereocenters. The minimum absolute atomic E-state index is 0.116. The van der Waals surface area contributed by atoms with Gasteiger partial charge in [-0.1, -0.05) is 24.3 Å². The van der Waals surface area contributed by atoms with Crippen LogP contribution < -0.4 is 15.0 Å². The number of aromatic nitrogens is 2. The topological polar surface area (TPSA) is 67.3 Å². The molecule has 0 saturated carbocycles. The van der Waals surface area contributed by atoms with Gasteiger partial charge in [-0.05, 0) is 55.7 Å². The number of aryl methyl sites for hydroxylation is 2. The fraction of sp³-hybridized carbons (Fsp3) is 0.227. The van der Waals surface area contributed by atoms with Gasteiger partial charge in [0.15, 0.2) is 0 Å². The van der Waals surface area contributed by atoms with E-state index in [1.807, 2.05) is 50.2 Å². The molecule has 0 aliphatic carbocycles. The zero-order valence-electron chi connectivity index (χ0n) is 16.2. The Bertz CT molecular complexity index is 1050. The van der Waals surface area contributed by atoms with Gasteiger partial charge in [-0.2, -0.15) is 0 Å². The van der Waals surface area contributed by atoms with Crippen LogP contribution in [0.5, 0.6) is 5.75 Å². The van der Waals surface area contributed by atoms with Gasteiger partial charge in [0, 0.05) is 17.9 Å². The molecular formula is C22H22N4O2. The van der Waals surface area contributed by atoms with Crippen molar-refractivity contribution in [2.24, 2.45) is 0 Å². The summed E-state index contributed by atoms with van der Waals surface area (Å²) in [6.07, 6.45) is 0.859. The minimum atomic E-state index is -0.116. The first-order valence-corrected chi connectivity index (χ1v) is 9.22. The molecule has 2 aromatic carbocycles. The smallest absolute Gasteiger partial charge is 0.277 e. The Hall–Kier alpha value is -3.41. The minimum Gasteiger partial charge on any atom is -0.495 e. The number of carbonyl (C=O) groups excluding carboxylic acids is 1. The zero-order chi connectivity index (χ0) is 19.7. The average molecular weight is 374 g/mol. The number of ether oxygens (including phenoxy) is 1. The molecule has 3 aromatic rings. The third kappa shape index (κ3) is 3.41. The number of benzene rings is 2. The number of methoxy groups -OCH3 is 1. The molecule has 2 heterocycles. The molecule has 0 saturated heterocycles. The third-order valence-corrected chi connectivity index (χ3v) is 4.81. The number of hydrogen-bond donors (Lipinski definition) is 1. The molecule has 28 heavy (non-hydrogen) atoms. The van der Waals surface area contributed by atoms with Crippen molar-refractivity contribution in [3.8, 4) is 5.75 Å². The van der Waals surface area contributed by atoms with E-state index in [0.717, 1.165) is 29.1 Å². The lowest BCUT2D eigenvalue weighted by Crippen LogP contribution is -2.30. The molecular weight excluding hydrogens is 352 g/mol. The van der Waals surface area contributed by atoms with E-state index in [-0.39, 0.29) is 5.91 Å². The van der Waals surface area contributed by atoms with Crippen molar-refractivity contribution in [1.29, 1.82) is 0 Å². The maximum atomic E-state index is 13.1. The van der Waals surface area contributed by atoms with Gasteiger partial charge in [0.1, 0.15) is 11.4 Å². The molecule has 0 bridgehead atoms. The normalized spacial score (nSPS) is 12.6. The predicted molar refractivity (Wildman–Crippen MR) is 110 cm³/mol. The summed E-state index contributed by atoms with van der Waals surface area (Å²) in [6, 6.07) is 15.5. The van der Waals surface area contributed by atoms with Gasteiger partial charge < -0.3 is 15.0 Å². The number of rotatable bonds is 4. The van der Waals surface area contributed by atoms with Crippen LogP contribution in [-0.2, 0) is 6.42 Å². The molecule has 1 amide bonds. The monoisotopic (exact) mass is 374 g/mol. The van der Waals surface area contributed by atoms with Crippen LogP contribution in [0.1, 0.15) is 27.3 Å². The molecule has 0 spiro atoms. The molecule has 6 nitrogen and oxygen atoms in total. The second-order valence-corrected chi connectivity index (χ2v) is 6.88. The van der Waals surface area contributed by atoms with E-state index in [1.165, 1.54) is 5.56 Å². The number of amides is 1. The molecule has 142 valence electrons. The Morgan fingerprint density at radius 2 is 1.93 bits per heavy atom. The van der Waals surface area contributed by atoms with E-state index in [9.17, 15) is 4.79 Å². The maximum absolute atomic E-state index is 13.1. The highest BCUT2D eigenvalue weighted by molar-refractivity contribution is 6.06. The Kier molecular flexibility index (Phi) is 4.69. The van der Waals surface area contributed by atoms with E-state index in [4.69, 9.17) is 4.74 Å². The van der Waals surface area contributed by atoms with E-state index in [1.54, 1.807) is 18.1 Å². The van der Waals surface area contributed by atoms with Crippen LogP contribution in [0.25, 0.3) is 0 Å². The number of nitrogens with one attached hydrogen (secondary N) is 1.